The molecule has 4 nitrogen and oxygen atoms in total. The first-order valence-electron chi connectivity index (χ1n) is 9.81. The molecule has 2 aliphatic rings. The zero-order chi connectivity index (χ0) is 17.9. The molecular weight excluding hydrogens is 329 g/mol. The van der Waals surface area contributed by atoms with Crippen LogP contribution in [0.15, 0.2) is 30.5 Å². The summed E-state index contributed by atoms with van der Waals surface area (Å²) in [5, 5.41) is 7.32. The predicted molar refractivity (Wildman–Crippen MR) is 98.9 cm³/mol. The van der Waals surface area contributed by atoms with E-state index >= 15 is 0 Å². The normalized spacial score (nSPS) is 21.3. The van der Waals surface area contributed by atoms with Crippen molar-refractivity contribution in [1.29, 1.82) is 0 Å². The Morgan fingerprint density at radius 2 is 2.00 bits per heavy atom. The summed E-state index contributed by atoms with van der Waals surface area (Å²) in [6.07, 6.45) is 10.4. The minimum absolute atomic E-state index is 0.0124. The first-order chi connectivity index (χ1) is 12.7. The molecule has 1 amide bonds. The maximum Gasteiger partial charge on any atom is 0.223 e. The Balaban J connectivity index is 1.59. The zero-order valence-electron chi connectivity index (χ0n) is 15.1. The molecule has 0 bridgehead atoms. The van der Waals surface area contributed by atoms with E-state index in [1.54, 1.807) is 12.3 Å². The Morgan fingerprint density at radius 1 is 1.19 bits per heavy atom. The van der Waals surface area contributed by atoms with Crippen molar-refractivity contribution in [2.75, 3.05) is 6.54 Å². The Bertz CT molecular complexity index is 766. The van der Waals surface area contributed by atoms with Crippen molar-refractivity contribution in [1.82, 2.24) is 15.1 Å². The van der Waals surface area contributed by atoms with Gasteiger partial charge in [0.05, 0.1) is 17.9 Å². The smallest absolute Gasteiger partial charge is 0.223 e. The number of carbonyl (C=O) groups excluding carboxylic acids is 1. The summed E-state index contributed by atoms with van der Waals surface area (Å²) in [5.41, 5.74) is 2.65. The molecule has 4 rings (SSSR count). The van der Waals surface area contributed by atoms with Gasteiger partial charge in [0.25, 0.3) is 0 Å². The highest BCUT2D eigenvalue weighted by Crippen LogP contribution is 2.37. The van der Waals surface area contributed by atoms with Gasteiger partial charge in [-0.05, 0) is 55.7 Å². The van der Waals surface area contributed by atoms with Crippen molar-refractivity contribution in [3.05, 3.63) is 42.0 Å². The van der Waals surface area contributed by atoms with E-state index in [0.29, 0.717) is 12.3 Å². The molecule has 5 heteroatoms. The Hall–Kier alpha value is -2.17. The molecule has 0 spiro atoms. The third-order valence-corrected chi connectivity index (χ3v) is 5.90. The second-order valence-corrected chi connectivity index (χ2v) is 7.66. The van der Waals surface area contributed by atoms with Gasteiger partial charge >= 0.3 is 0 Å². The zero-order valence-corrected chi connectivity index (χ0v) is 15.1. The second-order valence-electron chi connectivity index (χ2n) is 7.66. The van der Waals surface area contributed by atoms with Crippen molar-refractivity contribution in [2.24, 2.45) is 5.92 Å². The van der Waals surface area contributed by atoms with Crippen LogP contribution in [0.5, 0.6) is 0 Å². The molecule has 1 saturated carbocycles. The lowest BCUT2D eigenvalue weighted by Crippen LogP contribution is -2.39. The molecule has 1 N–H and O–H groups in total. The number of nitrogens with one attached hydrogen (secondary N) is 1. The van der Waals surface area contributed by atoms with E-state index in [9.17, 15) is 9.18 Å². The van der Waals surface area contributed by atoms with E-state index in [0.717, 1.165) is 42.6 Å². The van der Waals surface area contributed by atoms with Gasteiger partial charge in [-0.1, -0.05) is 25.0 Å². The van der Waals surface area contributed by atoms with Crippen LogP contribution < -0.4 is 0 Å². The number of nitrogens with zero attached hydrogens (tertiary/aromatic N) is 2. The summed E-state index contributed by atoms with van der Waals surface area (Å²) in [6, 6.07) is 6.60. The minimum Gasteiger partial charge on any atom is -0.334 e. The lowest BCUT2D eigenvalue weighted by Gasteiger charge is -2.36. The molecule has 2 fully saturated rings. The van der Waals surface area contributed by atoms with Crippen LogP contribution in [0.2, 0.25) is 0 Å². The molecule has 2 aromatic rings. The van der Waals surface area contributed by atoms with Crippen molar-refractivity contribution >= 4 is 5.91 Å². The topological polar surface area (TPSA) is 49.0 Å². The van der Waals surface area contributed by atoms with Crippen molar-refractivity contribution in [3.8, 4) is 11.1 Å². The Kier molecular flexibility index (Phi) is 5.05. The van der Waals surface area contributed by atoms with Gasteiger partial charge in [0, 0.05) is 18.5 Å². The molecule has 26 heavy (non-hydrogen) atoms. The van der Waals surface area contributed by atoms with Gasteiger partial charge in [-0.15, -0.1) is 0 Å². The summed E-state index contributed by atoms with van der Waals surface area (Å²) in [5.74, 6) is 0.559. The average Bonchev–Trinajstić information content (AvgIpc) is 3.33. The van der Waals surface area contributed by atoms with E-state index in [2.05, 4.69) is 10.2 Å². The summed E-state index contributed by atoms with van der Waals surface area (Å²) < 4.78 is 13.7. The molecule has 2 heterocycles. The van der Waals surface area contributed by atoms with Crippen molar-refractivity contribution in [3.63, 3.8) is 0 Å². The molecule has 1 aromatic carbocycles. The number of likely N-dealkylation sites (tertiary alicyclic amines) is 1. The summed E-state index contributed by atoms with van der Waals surface area (Å²) in [4.78, 5) is 15.0. The van der Waals surface area contributed by atoms with E-state index in [-0.39, 0.29) is 17.8 Å². The summed E-state index contributed by atoms with van der Waals surface area (Å²) >= 11 is 0. The van der Waals surface area contributed by atoms with Crippen LogP contribution in [-0.2, 0) is 4.79 Å². The molecule has 0 radical (unpaired) electrons. The van der Waals surface area contributed by atoms with Crippen LogP contribution >= 0.6 is 0 Å². The number of hydrogen-bond acceptors (Lipinski definition) is 2. The number of rotatable bonds is 4. The third kappa shape index (κ3) is 3.53. The number of halogens is 1. The molecule has 1 atom stereocenters. The maximum absolute atomic E-state index is 13.7. The summed E-state index contributed by atoms with van der Waals surface area (Å²) in [6.45, 7) is 0.803. The van der Waals surface area contributed by atoms with E-state index in [1.807, 2.05) is 11.0 Å². The first-order valence-corrected chi connectivity index (χ1v) is 9.81. The minimum atomic E-state index is -0.257. The highest BCUT2D eigenvalue weighted by Gasteiger charge is 2.32. The van der Waals surface area contributed by atoms with Gasteiger partial charge in [0.2, 0.25) is 5.91 Å². The molecule has 1 aliphatic carbocycles. The molecule has 1 aromatic heterocycles. The van der Waals surface area contributed by atoms with Gasteiger partial charge in [-0.2, -0.15) is 5.10 Å². The number of aromatic amines is 1. The molecule has 1 unspecified atom stereocenters. The first kappa shape index (κ1) is 17.3. The Morgan fingerprint density at radius 3 is 2.81 bits per heavy atom. The van der Waals surface area contributed by atoms with Gasteiger partial charge in [0.1, 0.15) is 5.82 Å². The number of amides is 1. The number of aromatic nitrogens is 2. The molecule has 1 aliphatic heterocycles. The van der Waals surface area contributed by atoms with Crippen molar-refractivity contribution in [2.45, 2.75) is 57.4 Å². The second kappa shape index (κ2) is 7.60. The number of hydrogen-bond donors (Lipinski definition) is 1. The Labute approximate surface area is 153 Å². The molecule has 1 saturated heterocycles. The number of carbonyl (C=O) groups is 1. The lowest BCUT2D eigenvalue weighted by atomic mass is 9.93. The number of benzene rings is 1. The van der Waals surface area contributed by atoms with Gasteiger partial charge in [-0.3, -0.25) is 9.89 Å². The highest BCUT2D eigenvalue weighted by atomic mass is 19.1. The fraction of sp³-hybridized carbons (Fsp3) is 0.524. The SMILES string of the molecule is O=C(CC1CCCC1)N1CCCCC1c1[nH]ncc1-c1cccc(F)c1. The largest absolute Gasteiger partial charge is 0.334 e. The van der Waals surface area contributed by atoms with Crippen LogP contribution in [0.25, 0.3) is 11.1 Å². The van der Waals surface area contributed by atoms with E-state index in [1.165, 1.54) is 37.8 Å². The van der Waals surface area contributed by atoms with Crippen LogP contribution in [0.3, 0.4) is 0 Å². The monoisotopic (exact) mass is 355 g/mol. The van der Waals surface area contributed by atoms with Crippen LogP contribution in [0.1, 0.15) is 63.1 Å². The third-order valence-electron chi connectivity index (χ3n) is 5.90. The highest BCUT2D eigenvalue weighted by molar-refractivity contribution is 5.78. The fourth-order valence-electron chi connectivity index (χ4n) is 4.55. The van der Waals surface area contributed by atoms with Crippen LogP contribution in [0, 0.1) is 11.7 Å². The molecule has 138 valence electrons. The van der Waals surface area contributed by atoms with Crippen LogP contribution in [-0.4, -0.2) is 27.5 Å². The van der Waals surface area contributed by atoms with Gasteiger partial charge in [0.15, 0.2) is 0 Å². The standard InChI is InChI=1S/C21H26FN3O/c22-17-9-5-8-16(13-17)18-14-23-24-21(18)19-10-3-4-11-25(19)20(26)12-15-6-1-2-7-15/h5,8-9,13-15,19H,1-4,6-7,10-12H2,(H,23,24). The van der Waals surface area contributed by atoms with Crippen molar-refractivity contribution < 1.29 is 9.18 Å². The predicted octanol–water partition coefficient (Wildman–Crippen LogP) is 4.85. The molecular formula is C21H26FN3O. The van der Waals surface area contributed by atoms with E-state index < -0.39 is 0 Å². The quantitative estimate of drug-likeness (QED) is 0.852. The lowest BCUT2D eigenvalue weighted by molar-refractivity contribution is -0.136. The van der Waals surface area contributed by atoms with E-state index in [4.69, 9.17) is 0 Å². The average molecular weight is 355 g/mol. The van der Waals surface area contributed by atoms with Gasteiger partial charge < -0.3 is 4.90 Å². The maximum atomic E-state index is 13.7. The van der Waals surface area contributed by atoms with Crippen LogP contribution in [0.4, 0.5) is 4.39 Å². The fourth-order valence-corrected chi connectivity index (χ4v) is 4.55. The number of piperidine rings is 1. The number of H-pyrrole nitrogens is 1. The summed E-state index contributed by atoms with van der Waals surface area (Å²) in [7, 11) is 0. The van der Waals surface area contributed by atoms with Gasteiger partial charge in [-0.25, -0.2) is 4.39 Å².